The quantitative estimate of drug-likeness (QED) is 0.324. The fourth-order valence-electron chi connectivity index (χ4n) is 4.48. The second-order valence-electron chi connectivity index (χ2n) is 8.29. The van der Waals surface area contributed by atoms with Crippen LogP contribution in [0.1, 0.15) is 25.5 Å². The Balaban J connectivity index is 1.68. The molecule has 0 saturated carbocycles. The summed E-state index contributed by atoms with van der Waals surface area (Å²) in [7, 11) is 0. The van der Waals surface area contributed by atoms with E-state index >= 15 is 0 Å². The summed E-state index contributed by atoms with van der Waals surface area (Å²) in [5.41, 5.74) is 5.50. The van der Waals surface area contributed by atoms with E-state index in [0.29, 0.717) is 5.82 Å². The molecule has 1 aliphatic rings. The summed E-state index contributed by atoms with van der Waals surface area (Å²) >= 11 is 0. The van der Waals surface area contributed by atoms with Crippen LogP contribution in [0.15, 0.2) is 91.0 Å². The zero-order chi connectivity index (χ0) is 22.0. The van der Waals surface area contributed by atoms with Gasteiger partial charge in [-0.3, -0.25) is 4.57 Å². The maximum absolute atomic E-state index is 6.25. The molecule has 0 N–H and O–H groups in total. The number of ether oxygens (including phenoxy) is 1. The third-order valence-electron chi connectivity index (χ3n) is 6.09. The predicted octanol–water partition coefficient (Wildman–Crippen LogP) is 6.53. The Morgan fingerprint density at radius 3 is 1.94 bits per heavy atom. The lowest BCUT2D eigenvalue weighted by atomic mass is 10.1. The van der Waals surface area contributed by atoms with Crippen molar-refractivity contribution < 1.29 is 4.74 Å². The number of hydrogen-bond acceptors (Lipinski definition) is 4. The van der Waals surface area contributed by atoms with Crippen LogP contribution in [0.2, 0.25) is 0 Å². The van der Waals surface area contributed by atoms with Crippen LogP contribution >= 0.6 is 0 Å². The first-order valence-corrected chi connectivity index (χ1v) is 11.5. The maximum Gasteiger partial charge on any atom is 0.167 e. The highest BCUT2D eigenvalue weighted by Crippen LogP contribution is 2.36. The normalized spacial score (nSPS) is 16.2. The summed E-state index contributed by atoms with van der Waals surface area (Å²) < 4.78 is 8.43. The number of nitrogens with zero attached hydrogens (tertiary/aromatic N) is 4. The van der Waals surface area contributed by atoms with Crippen LogP contribution in [-0.4, -0.2) is 26.1 Å². The first-order valence-electron chi connectivity index (χ1n) is 11.5. The van der Waals surface area contributed by atoms with Gasteiger partial charge in [-0.2, -0.15) is 0 Å². The van der Waals surface area contributed by atoms with Crippen LogP contribution in [0.4, 0.5) is 0 Å². The molecule has 0 spiro atoms. The average Bonchev–Trinajstić information content (AvgIpc) is 3.30. The zero-order valence-electron chi connectivity index (χ0n) is 18.3. The number of rotatable bonds is 4. The van der Waals surface area contributed by atoms with Gasteiger partial charge in [-0.1, -0.05) is 91.0 Å². The van der Waals surface area contributed by atoms with Gasteiger partial charge < -0.3 is 4.74 Å². The third kappa shape index (κ3) is 3.70. The van der Waals surface area contributed by atoms with Gasteiger partial charge in [-0.05, 0) is 19.3 Å². The van der Waals surface area contributed by atoms with Gasteiger partial charge in [0, 0.05) is 23.3 Å². The summed E-state index contributed by atoms with van der Waals surface area (Å²) in [5, 5.41) is 0. The molecule has 33 heavy (non-hydrogen) atoms. The van der Waals surface area contributed by atoms with E-state index in [4.69, 9.17) is 19.7 Å². The van der Waals surface area contributed by atoms with Crippen LogP contribution in [0.3, 0.4) is 0 Å². The van der Waals surface area contributed by atoms with Gasteiger partial charge >= 0.3 is 0 Å². The third-order valence-corrected chi connectivity index (χ3v) is 6.09. The van der Waals surface area contributed by atoms with Gasteiger partial charge in [0.2, 0.25) is 0 Å². The van der Waals surface area contributed by atoms with Crippen molar-refractivity contribution in [1.29, 1.82) is 0 Å². The minimum atomic E-state index is -0.0962. The first kappa shape index (κ1) is 19.8. The summed E-state index contributed by atoms with van der Waals surface area (Å²) in [5.74, 6) is 1.56. The van der Waals surface area contributed by atoms with E-state index in [2.05, 4.69) is 28.8 Å². The minimum absolute atomic E-state index is 0.0962. The Labute approximate surface area is 192 Å². The maximum atomic E-state index is 6.25. The number of aromatic nitrogens is 4. The number of imidazole rings is 1. The molecular formula is C28H24N4O. The van der Waals surface area contributed by atoms with Crippen molar-refractivity contribution in [1.82, 2.24) is 19.5 Å². The number of fused-ring (bicyclic) bond motifs is 1. The van der Waals surface area contributed by atoms with E-state index in [9.17, 15) is 0 Å². The Kier molecular flexibility index (Phi) is 5.17. The van der Waals surface area contributed by atoms with Crippen molar-refractivity contribution in [2.75, 3.05) is 6.61 Å². The molecule has 1 saturated heterocycles. The van der Waals surface area contributed by atoms with Crippen LogP contribution < -0.4 is 0 Å². The Hall–Kier alpha value is -3.83. The molecule has 0 bridgehead atoms. The number of hydrogen-bond donors (Lipinski definition) is 0. The number of benzene rings is 3. The lowest BCUT2D eigenvalue weighted by Crippen LogP contribution is -2.19. The van der Waals surface area contributed by atoms with Crippen molar-refractivity contribution in [2.45, 2.75) is 25.5 Å². The van der Waals surface area contributed by atoms with E-state index < -0.39 is 0 Å². The SMILES string of the molecule is c1ccc(-c2nc(-c3ccccc3)c3nc(-c4ccccc4)n(C4CCCCO4)c3n2)cc1. The minimum Gasteiger partial charge on any atom is -0.358 e. The predicted molar refractivity (Wildman–Crippen MR) is 130 cm³/mol. The van der Waals surface area contributed by atoms with E-state index in [0.717, 1.165) is 65.2 Å². The van der Waals surface area contributed by atoms with Crippen molar-refractivity contribution in [3.8, 4) is 34.0 Å². The van der Waals surface area contributed by atoms with Crippen molar-refractivity contribution in [3.63, 3.8) is 0 Å². The van der Waals surface area contributed by atoms with E-state index in [-0.39, 0.29) is 6.23 Å². The van der Waals surface area contributed by atoms with Gasteiger partial charge in [0.05, 0.1) is 0 Å². The summed E-state index contributed by atoms with van der Waals surface area (Å²) in [6.07, 6.45) is 3.06. The Morgan fingerprint density at radius 1 is 0.667 bits per heavy atom. The Bertz CT molecular complexity index is 1380. The lowest BCUT2D eigenvalue weighted by molar-refractivity contribution is -0.0287. The van der Waals surface area contributed by atoms with E-state index in [1.165, 1.54) is 0 Å². The van der Waals surface area contributed by atoms with Crippen LogP contribution in [0.5, 0.6) is 0 Å². The monoisotopic (exact) mass is 432 g/mol. The highest BCUT2D eigenvalue weighted by molar-refractivity contribution is 5.91. The molecule has 3 aromatic carbocycles. The van der Waals surface area contributed by atoms with Gasteiger partial charge in [0.1, 0.15) is 23.3 Å². The van der Waals surface area contributed by atoms with E-state index in [1.807, 2.05) is 66.7 Å². The van der Waals surface area contributed by atoms with Gasteiger partial charge in [0.25, 0.3) is 0 Å². The highest BCUT2D eigenvalue weighted by atomic mass is 16.5. The summed E-state index contributed by atoms with van der Waals surface area (Å²) in [4.78, 5) is 15.2. The van der Waals surface area contributed by atoms with Crippen molar-refractivity contribution in [3.05, 3.63) is 91.0 Å². The van der Waals surface area contributed by atoms with Gasteiger partial charge in [-0.15, -0.1) is 0 Å². The lowest BCUT2D eigenvalue weighted by Gasteiger charge is -2.25. The molecule has 1 aliphatic heterocycles. The molecule has 1 fully saturated rings. The molecule has 5 nitrogen and oxygen atoms in total. The topological polar surface area (TPSA) is 52.8 Å². The summed E-state index contributed by atoms with van der Waals surface area (Å²) in [6, 6.07) is 30.7. The fraction of sp³-hybridized carbons (Fsp3) is 0.179. The smallest absolute Gasteiger partial charge is 0.167 e. The standard InChI is InChI=1S/C28H24N4O/c1-4-12-20(13-5-1)24-25-28(31-26(29-24)21-14-6-2-7-15-21)32(23-18-10-11-19-33-23)27(30-25)22-16-8-3-9-17-22/h1-9,12-17,23H,10-11,18-19H2. The summed E-state index contributed by atoms with van der Waals surface area (Å²) in [6.45, 7) is 0.751. The molecule has 1 atom stereocenters. The van der Waals surface area contributed by atoms with Crippen molar-refractivity contribution in [2.24, 2.45) is 0 Å². The first-order chi connectivity index (χ1) is 16.4. The molecule has 162 valence electrons. The molecule has 5 heteroatoms. The Morgan fingerprint density at radius 2 is 1.30 bits per heavy atom. The largest absolute Gasteiger partial charge is 0.358 e. The van der Waals surface area contributed by atoms with E-state index in [1.54, 1.807) is 0 Å². The fourth-order valence-corrected chi connectivity index (χ4v) is 4.48. The molecule has 0 aliphatic carbocycles. The molecule has 0 radical (unpaired) electrons. The molecule has 1 unspecified atom stereocenters. The molecular weight excluding hydrogens is 408 g/mol. The van der Waals surface area contributed by atoms with Gasteiger partial charge in [-0.25, -0.2) is 15.0 Å². The second-order valence-corrected chi connectivity index (χ2v) is 8.29. The van der Waals surface area contributed by atoms with Crippen LogP contribution in [0, 0.1) is 0 Å². The average molecular weight is 433 g/mol. The zero-order valence-corrected chi connectivity index (χ0v) is 18.3. The molecule has 2 aromatic heterocycles. The second kappa shape index (κ2) is 8.60. The molecule has 6 rings (SSSR count). The van der Waals surface area contributed by atoms with Gasteiger partial charge in [0.15, 0.2) is 11.5 Å². The van der Waals surface area contributed by atoms with Crippen LogP contribution in [-0.2, 0) is 4.74 Å². The molecule has 5 aromatic rings. The molecule has 0 amide bonds. The van der Waals surface area contributed by atoms with Crippen LogP contribution in [0.25, 0.3) is 45.2 Å². The highest BCUT2D eigenvalue weighted by Gasteiger charge is 2.26. The van der Waals surface area contributed by atoms with Crippen molar-refractivity contribution >= 4 is 11.2 Å². The molecule has 3 heterocycles.